The van der Waals surface area contributed by atoms with E-state index in [1.807, 2.05) is 30.1 Å². The van der Waals surface area contributed by atoms with Crippen LogP contribution < -0.4 is 5.73 Å². The van der Waals surface area contributed by atoms with Gasteiger partial charge < -0.3 is 5.73 Å². The average molecular weight is 306 g/mol. The Balaban J connectivity index is 2.08. The average Bonchev–Trinajstić information content (AvgIpc) is 2.43. The zero-order chi connectivity index (χ0) is 15.4. The SMILES string of the molecule is CN(Cc1cccc(C(=N)N)c1)Cc1cc(Cl)ccc1F. The molecule has 0 aromatic heterocycles. The summed E-state index contributed by atoms with van der Waals surface area (Å²) in [6.07, 6.45) is 0. The summed E-state index contributed by atoms with van der Waals surface area (Å²) in [6, 6.07) is 12.0. The Morgan fingerprint density at radius 3 is 2.71 bits per heavy atom. The summed E-state index contributed by atoms with van der Waals surface area (Å²) in [5, 5.41) is 7.97. The molecular formula is C16H17ClFN3. The van der Waals surface area contributed by atoms with Crippen molar-refractivity contribution in [3.8, 4) is 0 Å². The molecule has 2 rings (SSSR count). The van der Waals surface area contributed by atoms with Crippen molar-refractivity contribution in [2.24, 2.45) is 5.73 Å². The van der Waals surface area contributed by atoms with Crippen molar-refractivity contribution in [3.05, 3.63) is 70.0 Å². The van der Waals surface area contributed by atoms with Gasteiger partial charge in [-0.25, -0.2) is 4.39 Å². The number of nitrogens with one attached hydrogen (secondary N) is 1. The van der Waals surface area contributed by atoms with E-state index in [4.69, 9.17) is 22.7 Å². The van der Waals surface area contributed by atoms with E-state index in [0.29, 0.717) is 29.2 Å². The second kappa shape index (κ2) is 6.70. The summed E-state index contributed by atoms with van der Waals surface area (Å²) < 4.78 is 13.7. The highest BCUT2D eigenvalue weighted by molar-refractivity contribution is 6.30. The van der Waals surface area contributed by atoms with Crippen molar-refractivity contribution in [2.75, 3.05) is 7.05 Å². The largest absolute Gasteiger partial charge is 0.384 e. The number of nitrogen functional groups attached to an aromatic ring is 1. The van der Waals surface area contributed by atoms with Gasteiger partial charge in [0.25, 0.3) is 0 Å². The first-order chi connectivity index (χ1) is 9.95. The second-order valence-corrected chi connectivity index (χ2v) is 5.46. The first-order valence-electron chi connectivity index (χ1n) is 6.51. The lowest BCUT2D eigenvalue weighted by atomic mass is 10.1. The maximum Gasteiger partial charge on any atom is 0.127 e. The summed E-state index contributed by atoms with van der Waals surface area (Å²) in [4.78, 5) is 1.98. The number of benzene rings is 2. The minimum atomic E-state index is -0.260. The fourth-order valence-electron chi connectivity index (χ4n) is 2.16. The van der Waals surface area contributed by atoms with Crippen LogP contribution >= 0.6 is 11.6 Å². The zero-order valence-electron chi connectivity index (χ0n) is 11.7. The van der Waals surface area contributed by atoms with Crippen LogP contribution in [-0.2, 0) is 13.1 Å². The van der Waals surface area contributed by atoms with Crippen LogP contribution in [-0.4, -0.2) is 17.8 Å². The quantitative estimate of drug-likeness (QED) is 0.657. The topological polar surface area (TPSA) is 53.1 Å². The lowest BCUT2D eigenvalue weighted by Crippen LogP contribution is -2.19. The molecule has 0 saturated heterocycles. The number of nitrogens with two attached hydrogens (primary N) is 1. The van der Waals surface area contributed by atoms with Crippen molar-refractivity contribution < 1.29 is 4.39 Å². The number of rotatable bonds is 5. The van der Waals surface area contributed by atoms with E-state index in [1.165, 1.54) is 12.1 Å². The lowest BCUT2D eigenvalue weighted by molar-refractivity contribution is 0.313. The molecular weight excluding hydrogens is 289 g/mol. The minimum Gasteiger partial charge on any atom is -0.384 e. The van der Waals surface area contributed by atoms with Crippen LogP contribution in [0.25, 0.3) is 0 Å². The first kappa shape index (κ1) is 15.5. The molecule has 0 saturated carbocycles. The van der Waals surface area contributed by atoms with Crippen LogP contribution in [0.3, 0.4) is 0 Å². The molecule has 0 aliphatic heterocycles. The fourth-order valence-corrected chi connectivity index (χ4v) is 2.35. The number of nitrogens with zero attached hydrogens (tertiary/aromatic N) is 1. The normalized spacial score (nSPS) is 10.9. The van der Waals surface area contributed by atoms with Crippen molar-refractivity contribution in [2.45, 2.75) is 13.1 Å². The molecule has 0 fully saturated rings. The van der Waals surface area contributed by atoms with Gasteiger partial charge >= 0.3 is 0 Å². The van der Waals surface area contributed by atoms with Crippen LogP contribution in [0.5, 0.6) is 0 Å². The van der Waals surface area contributed by atoms with E-state index in [9.17, 15) is 4.39 Å². The van der Waals surface area contributed by atoms with Gasteiger partial charge in [0.05, 0.1) is 0 Å². The van der Waals surface area contributed by atoms with E-state index < -0.39 is 0 Å². The molecule has 0 amide bonds. The Labute approximate surface area is 128 Å². The molecule has 0 bridgehead atoms. The Morgan fingerprint density at radius 2 is 2.00 bits per heavy atom. The van der Waals surface area contributed by atoms with Gasteiger partial charge in [-0.15, -0.1) is 0 Å². The highest BCUT2D eigenvalue weighted by Gasteiger charge is 2.08. The number of halogens is 2. The molecule has 0 spiro atoms. The Bertz CT molecular complexity index is 658. The van der Waals surface area contributed by atoms with Gasteiger partial charge in [0, 0.05) is 29.2 Å². The van der Waals surface area contributed by atoms with E-state index in [2.05, 4.69) is 0 Å². The number of amidine groups is 1. The molecule has 3 N–H and O–H groups in total. The van der Waals surface area contributed by atoms with Crippen LogP contribution in [0.2, 0.25) is 5.02 Å². The molecule has 21 heavy (non-hydrogen) atoms. The highest BCUT2D eigenvalue weighted by atomic mass is 35.5. The number of hydrogen-bond donors (Lipinski definition) is 2. The molecule has 2 aromatic carbocycles. The summed E-state index contributed by atoms with van der Waals surface area (Å²) in [6.45, 7) is 1.09. The second-order valence-electron chi connectivity index (χ2n) is 5.02. The molecule has 0 heterocycles. The van der Waals surface area contributed by atoms with Crippen molar-refractivity contribution in [1.29, 1.82) is 5.41 Å². The van der Waals surface area contributed by atoms with Gasteiger partial charge in [0.1, 0.15) is 11.7 Å². The van der Waals surface area contributed by atoms with E-state index >= 15 is 0 Å². The monoisotopic (exact) mass is 305 g/mol. The van der Waals surface area contributed by atoms with Crippen molar-refractivity contribution in [1.82, 2.24) is 4.90 Å². The van der Waals surface area contributed by atoms with Crippen molar-refractivity contribution >= 4 is 17.4 Å². The van der Waals surface area contributed by atoms with Crippen molar-refractivity contribution in [3.63, 3.8) is 0 Å². The Morgan fingerprint density at radius 1 is 1.24 bits per heavy atom. The van der Waals surface area contributed by atoms with Crippen LogP contribution in [0.1, 0.15) is 16.7 Å². The fraction of sp³-hybridized carbons (Fsp3) is 0.188. The molecule has 5 heteroatoms. The first-order valence-corrected chi connectivity index (χ1v) is 6.89. The summed E-state index contributed by atoms with van der Waals surface area (Å²) in [5.74, 6) is -0.218. The molecule has 0 unspecified atom stereocenters. The zero-order valence-corrected chi connectivity index (χ0v) is 12.5. The van der Waals surface area contributed by atoms with E-state index in [1.54, 1.807) is 12.1 Å². The van der Waals surface area contributed by atoms with Crippen LogP contribution in [0.15, 0.2) is 42.5 Å². The molecule has 110 valence electrons. The Kier molecular flexibility index (Phi) is 4.94. The molecule has 2 aromatic rings. The molecule has 0 aliphatic rings. The molecule has 3 nitrogen and oxygen atoms in total. The summed E-state index contributed by atoms with van der Waals surface area (Å²) in [7, 11) is 1.90. The molecule has 0 aliphatic carbocycles. The molecule has 0 radical (unpaired) electrons. The highest BCUT2D eigenvalue weighted by Crippen LogP contribution is 2.17. The van der Waals surface area contributed by atoms with Gasteiger partial charge in [-0.3, -0.25) is 10.3 Å². The van der Waals surface area contributed by atoms with Gasteiger partial charge in [-0.2, -0.15) is 0 Å². The predicted molar refractivity (Wildman–Crippen MR) is 84.0 cm³/mol. The Hall–Kier alpha value is -1.91. The summed E-state index contributed by atoms with van der Waals surface area (Å²) >= 11 is 5.89. The van der Waals surface area contributed by atoms with Gasteiger partial charge in [0.15, 0.2) is 0 Å². The smallest absolute Gasteiger partial charge is 0.127 e. The summed E-state index contributed by atoms with van der Waals surface area (Å²) in [5.41, 5.74) is 7.75. The lowest BCUT2D eigenvalue weighted by Gasteiger charge is -2.18. The van der Waals surface area contributed by atoms with Gasteiger partial charge in [-0.1, -0.05) is 29.8 Å². The third-order valence-corrected chi connectivity index (χ3v) is 3.37. The predicted octanol–water partition coefficient (Wildman–Crippen LogP) is 3.40. The third kappa shape index (κ3) is 4.28. The van der Waals surface area contributed by atoms with Crippen LogP contribution in [0.4, 0.5) is 4.39 Å². The van der Waals surface area contributed by atoms with Crippen LogP contribution in [0, 0.1) is 11.2 Å². The maximum atomic E-state index is 13.7. The standard InChI is InChI=1S/C16H17ClFN3/c1-21(10-13-8-14(17)5-6-15(13)18)9-11-3-2-4-12(7-11)16(19)20/h2-8H,9-10H2,1H3,(H3,19,20). The minimum absolute atomic E-state index is 0.0420. The van der Waals surface area contributed by atoms with Gasteiger partial charge in [-0.05, 0) is 36.9 Å². The maximum absolute atomic E-state index is 13.7. The third-order valence-electron chi connectivity index (χ3n) is 3.14. The molecule has 0 atom stereocenters. The number of hydrogen-bond acceptors (Lipinski definition) is 2. The van der Waals surface area contributed by atoms with E-state index in [0.717, 1.165) is 5.56 Å². The van der Waals surface area contributed by atoms with Gasteiger partial charge in [0.2, 0.25) is 0 Å². The van der Waals surface area contributed by atoms with E-state index in [-0.39, 0.29) is 11.7 Å².